The maximum Gasteiger partial charge on any atom is 0.311 e. The van der Waals surface area contributed by atoms with Crippen LogP contribution in [0, 0.1) is 5.92 Å². The summed E-state index contributed by atoms with van der Waals surface area (Å²) in [6.07, 6.45) is 0.806. The van der Waals surface area contributed by atoms with Gasteiger partial charge in [-0.3, -0.25) is 9.59 Å². The predicted octanol–water partition coefficient (Wildman–Crippen LogP) is 1.31. The largest absolute Gasteiger partial charge is 0.481 e. The summed E-state index contributed by atoms with van der Waals surface area (Å²) in [5, 5.41) is 8.61. The second-order valence-corrected chi connectivity index (χ2v) is 4.98. The molecule has 3 N–H and O–H groups in total. The summed E-state index contributed by atoms with van der Waals surface area (Å²) in [5.74, 6) is -1.60. The van der Waals surface area contributed by atoms with E-state index in [4.69, 9.17) is 15.6 Å². The third-order valence-corrected chi connectivity index (χ3v) is 3.43. The Kier molecular flexibility index (Phi) is 3.85. The molecule has 0 saturated heterocycles. The second-order valence-electron chi connectivity index (χ2n) is 4.98. The fourth-order valence-corrected chi connectivity index (χ4v) is 2.08. The van der Waals surface area contributed by atoms with Crippen molar-refractivity contribution in [3.63, 3.8) is 0 Å². The van der Waals surface area contributed by atoms with E-state index in [1.807, 2.05) is 30.3 Å². The third kappa shape index (κ3) is 3.54. The summed E-state index contributed by atoms with van der Waals surface area (Å²) < 4.78 is 5.19. The van der Waals surface area contributed by atoms with Crippen LogP contribution in [0.3, 0.4) is 0 Å². The van der Waals surface area contributed by atoms with Crippen LogP contribution in [0.1, 0.15) is 24.8 Å². The maximum absolute atomic E-state index is 11.8. The number of hydrogen-bond donors (Lipinski definition) is 2. The molecule has 1 aromatic carbocycles. The number of rotatable bonds is 6. The number of ether oxygens (including phenoxy) is 1. The Morgan fingerprint density at radius 3 is 2.68 bits per heavy atom. The molecule has 1 aliphatic rings. The number of hydrogen-bond acceptors (Lipinski definition) is 4. The first kappa shape index (κ1) is 13.5. The van der Waals surface area contributed by atoms with Gasteiger partial charge in [0.15, 0.2) is 0 Å². The number of carbonyl (C=O) groups excluding carboxylic acids is 1. The number of aliphatic carboxylic acids is 1. The van der Waals surface area contributed by atoms with Crippen molar-refractivity contribution >= 4 is 11.9 Å². The van der Waals surface area contributed by atoms with Crippen LogP contribution in [-0.4, -0.2) is 22.6 Å². The molecule has 2 unspecified atom stereocenters. The first-order valence-corrected chi connectivity index (χ1v) is 6.22. The molecule has 0 aliphatic heterocycles. The van der Waals surface area contributed by atoms with E-state index >= 15 is 0 Å². The number of benzene rings is 1. The van der Waals surface area contributed by atoms with Gasteiger partial charge in [-0.05, 0) is 18.4 Å². The van der Waals surface area contributed by atoms with Crippen molar-refractivity contribution in [2.75, 3.05) is 0 Å². The quantitative estimate of drug-likeness (QED) is 0.755. The van der Waals surface area contributed by atoms with Gasteiger partial charge in [0.2, 0.25) is 0 Å². The van der Waals surface area contributed by atoms with Gasteiger partial charge in [-0.2, -0.15) is 0 Å². The van der Waals surface area contributed by atoms with Gasteiger partial charge in [-0.25, -0.2) is 0 Å². The van der Waals surface area contributed by atoms with Gasteiger partial charge in [0.25, 0.3) is 0 Å². The molecule has 102 valence electrons. The highest BCUT2D eigenvalue weighted by Gasteiger charge is 2.56. The van der Waals surface area contributed by atoms with E-state index in [0.29, 0.717) is 12.8 Å². The molecule has 1 aliphatic carbocycles. The molecule has 2 atom stereocenters. The number of carboxylic acids is 1. The van der Waals surface area contributed by atoms with Crippen LogP contribution in [-0.2, 0) is 20.9 Å². The first-order chi connectivity index (χ1) is 9.01. The Bertz CT molecular complexity index is 474. The fourth-order valence-electron chi connectivity index (χ4n) is 2.08. The van der Waals surface area contributed by atoms with Crippen LogP contribution in [0.15, 0.2) is 30.3 Å². The minimum atomic E-state index is -0.895. The Morgan fingerprint density at radius 1 is 1.37 bits per heavy atom. The SMILES string of the molecule is NC1(CCC(=O)O)CC1C(=O)OCc1ccccc1. The molecule has 1 aromatic rings. The maximum atomic E-state index is 11.8. The average Bonchev–Trinajstić information content (AvgIpc) is 3.08. The lowest BCUT2D eigenvalue weighted by atomic mass is 10.1. The molecule has 5 heteroatoms. The van der Waals surface area contributed by atoms with E-state index in [0.717, 1.165) is 5.56 Å². The van der Waals surface area contributed by atoms with E-state index in [-0.39, 0.29) is 24.9 Å². The smallest absolute Gasteiger partial charge is 0.311 e. The highest BCUT2D eigenvalue weighted by atomic mass is 16.5. The molecule has 0 heterocycles. The normalized spacial score (nSPS) is 24.8. The Hall–Kier alpha value is -1.88. The predicted molar refractivity (Wildman–Crippen MR) is 68.1 cm³/mol. The zero-order valence-corrected chi connectivity index (χ0v) is 10.5. The van der Waals surface area contributed by atoms with Crippen molar-refractivity contribution in [1.82, 2.24) is 0 Å². The lowest BCUT2D eigenvalue weighted by Gasteiger charge is -2.09. The van der Waals surface area contributed by atoms with Crippen molar-refractivity contribution in [2.24, 2.45) is 11.7 Å². The third-order valence-electron chi connectivity index (χ3n) is 3.43. The van der Waals surface area contributed by atoms with Crippen LogP contribution in [0.25, 0.3) is 0 Å². The van der Waals surface area contributed by atoms with Gasteiger partial charge in [0.1, 0.15) is 6.61 Å². The van der Waals surface area contributed by atoms with Crippen LogP contribution in [0.2, 0.25) is 0 Å². The van der Waals surface area contributed by atoms with Crippen molar-refractivity contribution in [2.45, 2.75) is 31.4 Å². The van der Waals surface area contributed by atoms with Gasteiger partial charge in [-0.15, -0.1) is 0 Å². The van der Waals surface area contributed by atoms with E-state index < -0.39 is 11.5 Å². The lowest BCUT2D eigenvalue weighted by molar-refractivity contribution is -0.147. The molecule has 0 spiro atoms. The van der Waals surface area contributed by atoms with E-state index in [9.17, 15) is 9.59 Å². The van der Waals surface area contributed by atoms with Crippen molar-refractivity contribution in [3.05, 3.63) is 35.9 Å². The molecule has 0 aromatic heterocycles. The summed E-state index contributed by atoms with van der Waals surface area (Å²) in [5.41, 5.74) is 6.18. The zero-order valence-electron chi connectivity index (χ0n) is 10.5. The highest BCUT2D eigenvalue weighted by molar-refractivity contribution is 5.78. The average molecular weight is 263 g/mol. The molecule has 2 rings (SSSR count). The number of carboxylic acid groups (broad SMARTS) is 1. The molecular formula is C14H17NO4. The van der Waals surface area contributed by atoms with Gasteiger partial charge >= 0.3 is 11.9 Å². The minimum Gasteiger partial charge on any atom is -0.481 e. The summed E-state index contributed by atoms with van der Waals surface area (Å²) in [4.78, 5) is 22.3. The van der Waals surface area contributed by atoms with Crippen LogP contribution >= 0.6 is 0 Å². The molecule has 0 amide bonds. The van der Waals surface area contributed by atoms with Crippen molar-refractivity contribution in [1.29, 1.82) is 0 Å². The Balaban J connectivity index is 1.78. The number of esters is 1. The van der Waals surface area contributed by atoms with E-state index in [2.05, 4.69) is 0 Å². The van der Waals surface area contributed by atoms with Gasteiger partial charge < -0.3 is 15.6 Å². The summed E-state index contributed by atoms with van der Waals surface area (Å²) in [6.45, 7) is 0.227. The second kappa shape index (κ2) is 5.40. The molecule has 5 nitrogen and oxygen atoms in total. The van der Waals surface area contributed by atoms with Crippen LogP contribution in [0.4, 0.5) is 0 Å². The lowest BCUT2D eigenvalue weighted by Crippen LogP contribution is -2.29. The molecule has 0 bridgehead atoms. The standard InChI is InChI=1S/C14H17NO4/c15-14(7-6-12(16)17)8-11(14)13(18)19-9-10-4-2-1-3-5-10/h1-5,11H,6-9,15H2,(H,16,17). The Labute approximate surface area is 111 Å². The van der Waals surface area contributed by atoms with Gasteiger partial charge in [0, 0.05) is 12.0 Å². The fraction of sp³-hybridized carbons (Fsp3) is 0.429. The molecule has 1 saturated carbocycles. The first-order valence-electron chi connectivity index (χ1n) is 6.22. The van der Waals surface area contributed by atoms with Gasteiger partial charge in [-0.1, -0.05) is 30.3 Å². The highest BCUT2D eigenvalue weighted by Crippen LogP contribution is 2.45. The molecule has 1 fully saturated rings. The Morgan fingerprint density at radius 2 is 2.05 bits per heavy atom. The summed E-state index contributed by atoms with van der Waals surface area (Å²) in [6, 6.07) is 9.39. The summed E-state index contributed by atoms with van der Waals surface area (Å²) >= 11 is 0. The van der Waals surface area contributed by atoms with Gasteiger partial charge in [0.05, 0.1) is 5.92 Å². The number of carbonyl (C=O) groups is 2. The van der Waals surface area contributed by atoms with Crippen LogP contribution in [0.5, 0.6) is 0 Å². The zero-order chi connectivity index (χ0) is 13.9. The van der Waals surface area contributed by atoms with Crippen molar-refractivity contribution < 1.29 is 19.4 Å². The van der Waals surface area contributed by atoms with E-state index in [1.165, 1.54) is 0 Å². The summed E-state index contributed by atoms with van der Waals surface area (Å²) in [7, 11) is 0. The minimum absolute atomic E-state index is 0.0149. The molecule has 0 radical (unpaired) electrons. The topological polar surface area (TPSA) is 89.6 Å². The molecular weight excluding hydrogens is 246 g/mol. The molecule has 19 heavy (non-hydrogen) atoms. The van der Waals surface area contributed by atoms with Crippen LogP contribution < -0.4 is 5.73 Å². The van der Waals surface area contributed by atoms with E-state index in [1.54, 1.807) is 0 Å². The monoisotopic (exact) mass is 263 g/mol. The number of nitrogens with two attached hydrogens (primary N) is 1. The van der Waals surface area contributed by atoms with Crippen molar-refractivity contribution in [3.8, 4) is 0 Å².